The van der Waals surface area contributed by atoms with E-state index < -0.39 is 0 Å². The molecule has 2 amide bonds. The third-order valence-corrected chi connectivity index (χ3v) is 2.91. The van der Waals surface area contributed by atoms with Crippen LogP contribution in [0.3, 0.4) is 0 Å². The van der Waals surface area contributed by atoms with Crippen molar-refractivity contribution in [2.45, 2.75) is 25.7 Å². The Morgan fingerprint density at radius 1 is 1.50 bits per heavy atom. The number of hydrogen-bond donors (Lipinski definition) is 3. The molecule has 1 fully saturated rings. The number of hydrogen-bond acceptors (Lipinski definition) is 4. The van der Waals surface area contributed by atoms with Gasteiger partial charge in [-0.15, -0.1) is 0 Å². The summed E-state index contributed by atoms with van der Waals surface area (Å²) in [7, 11) is 0. The maximum atomic E-state index is 11.0. The Bertz CT molecular complexity index is 258. The van der Waals surface area contributed by atoms with Crippen LogP contribution in [0.1, 0.15) is 25.7 Å². The first kappa shape index (κ1) is 12.9. The Kier molecular flexibility index (Phi) is 5.21. The zero-order chi connectivity index (χ0) is 12.0. The highest BCUT2D eigenvalue weighted by Gasteiger charge is 2.23. The first-order valence-corrected chi connectivity index (χ1v) is 5.58. The van der Waals surface area contributed by atoms with Crippen LogP contribution in [0, 0.1) is 5.92 Å². The van der Waals surface area contributed by atoms with Crippen molar-refractivity contribution in [3.05, 3.63) is 0 Å². The SMILES string of the molecule is NC(=O)C1CCCN(CCCC(=O)NO)C1. The molecule has 1 aliphatic rings. The van der Waals surface area contributed by atoms with Crippen molar-refractivity contribution in [1.29, 1.82) is 0 Å². The van der Waals surface area contributed by atoms with E-state index in [0.717, 1.165) is 25.9 Å². The predicted molar refractivity (Wildman–Crippen MR) is 57.5 cm³/mol. The van der Waals surface area contributed by atoms with E-state index in [1.54, 1.807) is 5.48 Å². The molecular weight excluding hydrogens is 210 g/mol. The van der Waals surface area contributed by atoms with E-state index in [2.05, 4.69) is 4.90 Å². The van der Waals surface area contributed by atoms with Crippen molar-refractivity contribution in [2.24, 2.45) is 11.7 Å². The third kappa shape index (κ3) is 4.16. The number of primary amides is 1. The van der Waals surface area contributed by atoms with Crippen LogP contribution in [0.2, 0.25) is 0 Å². The van der Waals surface area contributed by atoms with Gasteiger partial charge < -0.3 is 10.6 Å². The largest absolute Gasteiger partial charge is 0.369 e. The molecule has 0 bridgehead atoms. The number of rotatable bonds is 5. The first-order valence-electron chi connectivity index (χ1n) is 5.58. The number of carbonyl (C=O) groups is 2. The van der Waals surface area contributed by atoms with Crippen molar-refractivity contribution in [3.63, 3.8) is 0 Å². The van der Waals surface area contributed by atoms with E-state index in [4.69, 9.17) is 10.9 Å². The molecule has 1 unspecified atom stereocenters. The summed E-state index contributed by atoms with van der Waals surface area (Å²) >= 11 is 0. The van der Waals surface area contributed by atoms with Crippen LogP contribution in [-0.4, -0.2) is 41.6 Å². The zero-order valence-corrected chi connectivity index (χ0v) is 9.32. The lowest BCUT2D eigenvalue weighted by molar-refractivity contribution is -0.129. The van der Waals surface area contributed by atoms with Gasteiger partial charge in [0.1, 0.15) is 0 Å². The smallest absolute Gasteiger partial charge is 0.243 e. The molecule has 1 rings (SSSR count). The van der Waals surface area contributed by atoms with Gasteiger partial charge >= 0.3 is 0 Å². The molecule has 4 N–H and O–H groups in total. The Morgan fingerprint density at radius 3 is 2.88 bits per heavy atom. The average molecular weight is 229 g/mol. The number of nitrogens with one attached hydrogen (secondary N) is 1. The molecule has 1 saturated heterocycles. The molecule has 92 valence electrons. The normalized spacial score (nSPS) is 21.7. The van der Waals surface area contributed by atoms with Gasteiger partial charge in [0.2, 0.25) is 11.8 Å². The molecule has 16 heavy (non-hydrogen) atoms. The van der Waals surface area contributed by atoms with Crippen LogP contribution in [0.4, 0.5) is 0 Å². The van der Waals surface area contributed by atoms with Crippen LogP contribution in [-0.2, 0) is 9.59 Å². The van der Waals surface area contributed by atoms with Gasteiger partial charge in [0.05, 0.1) is 5.92 Å². The summed E-state index contributed by atoms with van der Waals surface area (Å²) in [5.74, 6) is -0.665. The summed E-state index contributed by atoms with van der Waals surface area (Å²) in [4.78, 5) is 23.9. The fraction of sp³-hybridized carbons (Fsp3) is 0.800. The highest BCUT2D eigenvalue weighted by molar-refractivity contribution is 5.77. The van der Waals surface area contributed by atoms with Crippen LogP contribution in [0.5, 0.6) is 0 Å². The second-order valence-electron chi connectivity index (χ2n) is 4.18. The van der Waals surface area contributed by atoms with Gasteiger partial charge in [-0.3, -0.25) is 14.8 Å². The molecule has 6 nitrogen and oxygen atoms in total. The summed E-state index contributed by atoms with van der Waals surface area (Å²) in [6, 6.07) is 0. The standard InChI is InChI=1S/C10H19N3O3/c11-10(15)8-3-1-5-13(7-8)6-2-4-9(14)12-16/h8,16H,1-7H2,(H2,11,15)(H,12,14). The highest BCUT2D eigenvalue weighted by Crippen LogP contribution is 2.16. The van der Waals surface area contributed by atoms with Crippen LogP contribution in [0.15, 0.2) is 0 Å². The second kappa shape index (κ2) is 6.44. The molecule has 0 saturated carbocycles. The number of likely N-dealkylation sites (tertiary alicyclic amines) is 1. The van der Waals surface area contributed by atoms with Gasteiger partial charge in [0.25, 0.3) is 0 Å². The molecule has 1 atom stereocenters. The maximum Gasteiger partial charge on any atom is 0.243 e. The molecule has 0 radical (unpaired) electrons. The van der Waals surface area contributed by atoms with Gasteiger partial charge in [0.15, 0.2) is 0 Å². The third-order valence-electron chi connectivity index (χ3n) is 2.91. The van der Waals surface area contributed by atoms with E-state index in [-0.39, 0.29) is 17.7 Å². The number of amides is 2. The van der Waals surface area contributed by atoms with Crippen molar-refractivity contribution < 1.29 is 14.8 Å². The summed E-state index contributed by atoms with van der Waals surface area (Å²) in [5.41, 5.74) is 6.86. The summed E-state index contributed by atoms with van der Waals surface area (Å²) in [6.07, 6.45) is 2.81. The van der Waals surface area contributed by atoms with Gasteiger partial charge in [0, 0.05) is 13.0 Å². The minimum Gasteiger partial charge on any atom is -0.369 e. The van der Waals surface area contributed by atoms with Crippen LogP contribution in [0.25, 0.3) is 0 Å². The number of nitrogens with zero attached hydrogens (tertiary/aromatic N) is 1. The topological polar surface area (TPSA) is 95.7 Å². The molecule has 1 heterocycles. The molecule has 1 aliphatic heterocycles. The summed E-state index contributed by atoms with van der Waals surface area (Å²) in [6.45, 7) is 2.40. The molecular formula is C10H19N3O3. The molecule has 0 aromatic heterocycles. The quantitative estimate of drug-likeness (QED) is 0.436. The first-order chi connectivity index (χ1) is 7.63. The number of piperidine rings is 1. The van der Waals surface area contributed by atoms with Crippen molar-refractivity contribution in [1.82, 2.24) is 10.4 Å². The Morgan fingerprint density at radius 2 is 2.25 bits per heavy atom. The van der Waals surface area contributed by atoms with E-state index in [1.807, 2.05) is 0 Å². The Labute approximate surface area is 94.7 Å². The fourth-order valence-electron chi connectivity index (χ4n) is 2.01. The predicted octanol–water partition coefficient (Wildman–Crippen LogP) is -0.531. The molecule has 0 aromatic carbocycles. The number of hydroxylamine groups is 1. The lowest BCUT2D eigenvalue weighted by Crippen LogP contribution is -2.41. The summed E-state index contributed by atoms with van der Waals surface area (Å²) in [5, 5.41) is 8.31. The van der Waals surface area contributed by atoms with Gasteiger partial charge in [-0.05, 0) is 32.4 Å². The van der Waals surface area contributed by atoms with Crippen molar-refractivity contribution in [2.75, 3.05) is 19.6 Å². The van der Waals surface area contributed by atoms with E-state index >= 15 is 0 Å². The fourth-order valence-corrected chi connectivity index (χ4v) is 2.01. The minimum atomic E-state index is -0.372. The lowest BCUT2D eigenvalue weighted by Gasteiger charge is -2.30. The monoisotopic (exact) mass is 229 g/mol. The highest BCUT2D eigenvalue weighted by atomic mass is 16.5. The summed E-state index contributed by atoms with van der Waals surface area (Å²) < 4.78 is 0. The second-order valence-corrected chi connectivity index (χ2v) is 4.18. The average Bonchev–Trinajstić information content (AvgIpc) is 2.29. The van der Waals surface area contributed by atoms with Gasteiger partial charge in [-0.25, -0.2) is 5.48 Å². The van der Waals surface area contributed by atoms with Gasteiger partial charge in [-0.2, -0.15) is 0 Å². The van der Waals surface area contributed by atoms with E-state index in [1.165, 1.54) is 0 Å². The number of carbonyl (C=O) groups excluding carboxylic acids is 2. The van der Waals surface area contributed by atoms with Crippen molar-refractivity contribution >= 4 is 11.8 Å². The van der Waals surface area contributed by atoms with Crippen LogP contribution < -0.4 is 11.2 Å². The lowest BCUT2D eigenvalue weighted by atomic mass is 9.97. The Balaban J connectivity index is 2.21. The minimum absolute atomic E-state index is 0.0552. The van der Waals surface area contributed by atoms with Crippen LogP contribution >= 0.6 is 0 Å². The Hall–Kier alpha value is -1.14. The van der Waals surface area contributed by atoms with E-state index in [9.17, 15) is 9.59 Å². The zero-order valence-electron chi connectivity index (χ0n) is 9.32. The number of nitrogens with two attached hydrogens (primary N) is 1. The molecule has 0 spiro atoms. The molecule has 0 aliphatic carbocycles. The molecule has 0 aromatic rings. The molecule has 6 heteroatoms. The maximum absolute atomic E-state index is 11.0. The van der Waals surface area contributed by atoms with Crippen molar-refractivity contribution in [3.8, 4) is 0 Å². The van der Waals surface area contributed by atoms with Gasteiger partial charge in [-0.1, -0.05) is 0 Å². The van der Waals surface area contributed by atoms with E-state index in [0.29, 0.717) is 19.4 Å².